The predicted molar refractivity (Wildman–Crippen MR) is 63.6 cm³/mol. The second-order valence-electron chi connectivity index (χ2n) is 3.91. The molecule has 0 bridgehead atoms. The van der Waals surface area contributed by atoms with Gasteiger partial charge in [0.2, 0.25) is 0 Å². The number of ether oxygens (including phenoxy) is 1. The monoisotopic (exact) mass is 236 g/mol. The van der Waals surface area contributed by atoms with Crippen LogP contribution in [0.15, 0.2) is 42.5 Å². The molecule has 0 fully saturated rings. The highest BCUT2D eigenvalue weighted by atomic mass is 16.5. The van der Waals surface area contributed by atoms with Crippen molar-refractivity contribution in [3.05, 3.63) is 48.0 Å². The van der Waals surface area contributed by atoms with Crippen LogP contribution in [0.5, 0.6) is 0 Å². The molecule has 0 saturated carbocycles. The van der Waals surface area contributed by atoms with Gasteiger partial charge in [0.15, 0.2) is 0 Å². The van der Waals surface area contributed by atoms with Crippen molar-refractivity contribution in [2.75, 3.05) is 13.2 Å². The molecule has 4 nitrogen and oxygen atoms in total. The first-order chi connectivity index (χ1) is 7.99. The van der Waals surface area contributed by atoms with Crippen LogP contribution in [0.1, 0.15) is 17.3 Å². The highest BCUT2D eigenvalue weighted by Gasteiger charge is 2.29. The molecule has 0 spiro atoms. The number of esters is 1. The molecule has 0 aromatic heterocycles. The van der Waals surface area contributed by atoms with Crippen molar-refractivity contribution in [3.8, 4) is 0 Å². The number of aliphatic hydroxyl groups excluding tert-OH is 1. The number of hydrogen-bond donors (Lipinski definition) is 2. The molecule has 1 aromatic carbocycles. The van der Waals surface area contributed by atoms with Gasteiger partial charge in [-0.15, -0.1) is 0 Å². The van der Waals surface area contributed by atoms with Crippen molar-refractivity contribution >= 4 is 5.97 Å². The second-order valence-corrected chi connectivity index (χ2v) is 3.91. The van der Waals surface area contributed by atoms with Gasteiger partial charge in [0.05, 0.1) is 12.2 Å². The number of rotatable bonds is 5. The summed E-state index contributed by atoms with van der Waals surface area (Å²) in [6.07, 6.45) is 0. The van der Waals surface area contributed by atoms with E-state index in [0.717, 1.165) is 0 Å². The van der Waals surface area contributed by atoms with Crippen LogP contribution in [0.4, 0.5) is 0 Å². The highest BCUT2D eigenvalue weighted by Crippen LogP contribution is 2.15. The molecule has 0 heterocycles. The van der Waals surface area contributed by atoms with E-state index in [0.29, 0.717) is 11.1 Å². The van der Waals surface area contributed by atoms with Gasteiger partial charge < -0.3 is 14.9 Å². The van der Waals surface area contributed by atoms with Crippen LogP contribution in [0.2, 0.25) is 0 Å². The van der Waals surface area contributed by atoms with Crippen LogP contribution in [0, 0.1) is 0 Å². The average Bonchev–Trinajstić information content (AvgIpc) is 2.36. The van der Waals surface area contributed by atoms with Gasteiger partial charge in [-0.05, 0) is 24.6 Å². The molecule has 0 amide bonds. The van der Waals surface area contributed by atoms with Crippen molar-refractivity contribution in [1.82, 2.24) is 0 Å². The Labute approximate surface area is 100 Å². The van der Waals surface area contributed by atoms with Gasteiger partial charge in [0, 0.05) is 0 Å². The van der Waals surface area contributed by atoms with Gasteiger partial charge in [-0.25, -0.2) is 4.79 Å². The summed E-state index contributed by atoms with van der Waals surface area (Å²) in [7, 11) is 0. The number of aliphatic hydroxyl groups is 2. The largest absolute Gasteiger partial charge is 0.459 e. The number of hydrogen-bond acceptors (Lipinski definition) is 4. The Morgan fingerprint density at radius 2 is 2.00 bits per heavy atom. The molecule has 0 radical (unpaired) electrons. The van der Waals surface area contributed by atoms with E-state index < -0.39 is 18.2 Å². The SMILES string of the molecule is C=C(C)C(O)(CO)COC(=O)c1ccccc1. The number of carbonyl (C=O) groups is 1. The molecule has 0 aliphatic rings. The van der Waals surface area contributed by atoms with E-state index in [1.54, 1.807) is 37.3 Å². The molecule has 0 aliphatic heterocycles. The maximum atomic E-state index is 11.6. The molecule has 1 rings (SSSR count). The molecule has 0 aliphatic carbocycles. The van der Waals surface area contributed by atoms with Gasteiger partial charge in [-0.2, -0.15) is 0 Å². The van der Waals surface area contributed by atoms with E-state index in [9.17, 15) is 9.90 Å². The number of benzene rings is 1. The Balaban J connectivity index is 2.63. The van der Waals surface area contributed by atoms with E-state index in [1.165, 1.54) is 0 Å². The summed E-state index contributed by atoms with van der Waals surface area (Å²) in [5.74, 6) is -0.543. The van der Waals surface area contributed by atoms with Crippen LogP contribution in [0.25, 0.3) is 0 Å². The molecule has 92 valence electrons. The van der Waals surface area contributed by atoms with Crippen molar-refractivity contribution < 1.29 is 19.7 Å². The molecular formula is C13H16O4. The third-order valence-electron chi connectivity index (χ3n) is 2.51. The Bertz CT molecular complexity index is 399. The van der Waals surface area contributed by atoms with Gasteiger partial charge in [0.1, 0.15) is 12.2 Å². The van der Waals surface area contributed by atoms with Crippen LogP contribution in [0.3, 0.4) is 0 Å². The minimum absolute atomic E-state index is 0.313. The van der Waals surface area contributed by atoms with Crippen molar-refractivity contribution in [2.24, 2.45) is 0 Å². The minimum atomic E-state index is -1.58. The topological polar surface area (TPSA) is 66.8 Å². The zero-order valence-corrected chi connectivity index (χ0v) is 9.72. The predicted octanol–water partition coefficient (Wildman–Crippen LogP) is 1.14. The lowest BCUT2D eigenvalue weighted by Crippen LogP contribution is -2.40. The molecule has 17 heavy (non-hydrogen) atoms. The van der Waals surface area contributed by atoms with Crippen LogP contribution in [-0.2, 0) is 4.74 Å². The molecule has 1 unspecified atom stereocenters. The Kier molecular flexibility index (Phi) is 4.43. The lowest BCUT2D eigenvalue weighted by molar-refractivity contribution is -0.0391. The van der Waals surface area contributed by atoms with E-state index >= 15 is 0 Å². The fraction of sp³-hybridized carbons (Fsp3) is 0.308. The normalized spacial score (nSPS) is 13.8. The summed E-state index contributed by atoms with van der Waals surface area (Å²) in [6, 6.07) is 8.44. The summed E-state index contributed by atoms with van der Waals surface area (Å²) in [5, 5.41) is 18.9. The summed E-state index contributed by atoms with van der Waals surface area (Å²) in [4.78, 5) is 11.6. The van der Waals surface area contributed by atoms with Crippen LogP contribution in [-0.4, -0.2) is 35.0 Å². The Hall–Kier alpha value is -1.65. The third-order valence-corrected chi connectivity index (χ3v) is 2.51. The zero-order valence-electron chi connectivity index (χ0n) is 9.72. The minimum Gasteiger partial charge on any atom is -0.459 e. The van der Waals surface area contributed by atoms with Gasteiger partial charge in [-0.3, -0.25) is 0 Å². The lowest BCUT2D eigenvalue weighted by atomic mass is 9.99. The van der Waals surface area contributed by atoms with E-state index in [2.05, 4.69) is 6.58 Å². The smallest absolute Gasteiger partial charge is 0.338 e. The molecule has 0 saturated heterocycles. The first-order valence-electron chi connectivity index (χ1n) is 5.21. The molecule has 2 N–H and O–H groups in total. The third kappa shape index (κ3) is 3.41. The highest BCUT2D eigenvalue weighted by molar-refractivity contribution is 5.89. The maximum Gasteiger partial charge on any atom is 0.338 e. The quantitative estimate of drug-likeness (QED) is 0.594. The number of carbonyl (C=O) groups excluding carboxylic acids is 1. The molecular weight excluding hydrogens is 220 g/mol. The van der Waals surface area contributed by atoms with Gasteiger partial charge in [-0.1, -0.05) is 24.8 Å². The second kappa shape index (κ2) is 5.61. The standard InChI is InChI=1S/C13H16O4/c1-10(2)13(16,8-14)9-17-12(15)11-6-4-3-5-7-11/h3-7,14,16H,1,8-9H2,2H3. The van der Waals surface area contributed by atoms with Gasteiger partial charge in [0.25, 0.3) is 0 Å². The maximum absolute atomic E-state index is 11.6. The van der Waals surface area contributed by atoms with Crippen molar-refractivity contribution in [2.45, 2.75) is 12.5 Å². The average molecular weight is 236 g/mol. The Morgan fingerprint density at radius 3 is 2.47 bits per heavy atom. The zero-order chi connectivity index (χ0) is 12.9. The summed E-state index contributed by atoms with van der Waals surface area (Å²) in [6.45, 7) is 4.26. The van der Waals surface area contributed by atoms with Crippen molar-refractivity contribution in [1.29, 1.82) is 0 Å². The molecule has 1 atom stereocenters. The summed E-state index contributed by atoms with van der Waals surface area (Å²) < 4.78 is 4.94. The first kappa shape index (κ1) is 13.4. The lowest BCUT2D eigenvalue weighted by Gasteiger charge is -2.25. The van der Waals surface area contributed by atoms with Crippen molar-refractivity contribution in [3.63, 3.8) is 0 Å². The van der Waals surface area contributed by atoms with Gasteiger partial charge >= 0.3 is 5.97 Å². The Morgan fingerprint density at radius 1 is 1.41 bits per heavy atom. The molecule has 1 aromatic rings. The summed E-state index contributed by atoms with van der Waals surface area (Å²) in [5.41, 5.74) is -0.833. The van der Waals surface area contributed by atoms with E-state index in [1.807, 2.05) is 0 Å². The van der Waals surface area contributed by atoms with E-state index in [4.69, 9.17) is 9.84 Å². The first-order valence-corrected chi connectivity index (χ1v) is 5.21. The molecule has 4 heteroatoms. The van der Waals surface area contributed by atoms with Crippen LogP contribution >= 0.6 is 0 Å². The fourth-order valence-corrected chi connectivity index (χ4v) is 1.15. The fourth-order valence-electron chi connectivity index (χ4n) is 1.15. The summed E-state index contributed by atoms with van der Waals surface area (Å²) >= 11 is 0. The van der Waals surface area contributed by atoms with E-state index in [-0.39, 0.29) is 6.61 Å². The van der Waals surface area contributed by atoms with Crippen LogP contribution < -0.4 is 0 Å².